The summed E-state index contributed by atoms with van der Waals surface area (Å²) in [4.78, 5) is 28.4. The number of hydrogen-bond acceptors (Lipinski definition) is 3. The molecule has 0 aliphatic rings. The van der Waals surface area contributed by atoms with Crippen LogP contribution in [-0.2, 0) is 16.0 Å². The van der Waals surface area contributed by atoms with Crippen LogP contribution < -0.4 is 5.32 Å². The highest BCUT2D eigenvalue weighted by molar-refractivity contribution is 7.99. The van der Waals surface area contributed by atoms with Crippen molar-refractivity contribution in [2.45, 2.75) is 57.5 Å². The molecule has 1 unspecified atom stereocenters. The van der Waals surface area contributed by atoms with Gasteiger partial charge in [-0.3, -0.25) is 9.59 Å². The van der Waals surface area contributed by atoms with Gasteiger partial charge in [-0.15, -0.1) is 11.8 Å². The Hall–Kier alpha value is -2.27. The topological polar surface area (TPSA) is 49.4 Å². The molecule has 1 atom stereocenters. The molecule has 5 heteroatoms. The zero-order chi connectivity index (χ0) is 21.2. The van der Waals surface area contributed by atoms with E-state index in [0.29, 0.717) is 18.7 Å². The number of amides is 2. The predicted octanol–water partition coefficient (Wildman–Crippen LogP) is 4.46. The second-order valence-corrected chi connectivity index (χ2v) is 8.74. The Morgan fingerprint density at radius 1 is 1.00 bits per heavy atom. The van der Waals surface area contributed by atoms with Gasteiger partial charge >= 0.3 is 0 Å². The summed E-state index contributed by atoms with van der Waals surface area (Å²) in [7, 11) is 0. The first-order valence-electron chi connectivity index (χ1n) is 10.2. The lowest BCUT2D eigenvalue weighted by Crippen LogP contribution is -2.50. The number of carbonyl (C=O) groups excluding carboxylic acids is 2. The van der Waals surface area contributed by atoms with Crippen LogP contribution in [0.15, 0.2) is 59.5 Å². The maximum absolute atomic E-state index is 13.0. The summed E-state index contributed by atoms with van der Waals surface area (Å²) in [6, 6.07) is 17.9. The first-order chi connectivity index (χ1) is 13.9. The van der Waals surface area contributed by atoms with Crippen LogP contribution >= 0.6 is 11.8 Å². The van der Waals surface area contributed by atoms with E-state index in [4.69, 9.17) is 0 Å². The van der Waals surface area contributed by atoms with Crippen molar-refractivity contribution in [3.8, 4) is 0 Å². The molecule has 0 aromatic heterocycles. The molecule has 0 saturated carbocycles. The average Bonchev–Trinajstić information content (AvgIpc) is 2.69. The predicted molar refractivity (Wildman–Crippen MR) is 121 cm³/mol. The molecule has 0 aliphatic carbocycles. The Labute approximate surface area is 179 Å². The molecule has 0 aliphatic heterocycles. The molecule has 0 radical (unpaired) electrons. The van der Waals surface area contributed by atoms with Crippen LogP contribution in [0.4, 0.5) is 0 Å². The van der Waals surface area contributed by atoms with Crippen molar-refractivity contribution in [1.29, 1.82) is 0 Å². The summed E-state index contributed by atoms with van der Waals surface area (Å²) in [5.74, 6) is 0.613. The zero-order valence-corrected chi connectivity index (χ0v) is 18.7. The highest BCUT2D eigenvalue weighted by Gasteiger charge is 2.25. The molecule has 2 rings (SSSR count). The zero-order valence-electron chi connectivity index (χ0n) is 17.9. The van der Waals surface area contributed by atoms with E-state index in [2.05, 4.69) is 48.6 Å². The normalized spacial score (nSPS) is 11.9. The molecular weight excluding hydrogens is 380 g/mol. The van der Waals surface area contributed by atoms with E-state index >= 15 is 0 Å². The lowest BCUT2D eigenvalue weighted by atomic mass is 10.1. The minimum atomic E-state index is -0.488. The van der Waals surface area contributed by atoms with Gasteiger partial charge < -0.3 is 10.2 Å². The van der Waals surface area contributed by atoms with Gasteiger partial charge in [-0.05, 0) is 51.8 Å². The minimum absolute atomic E-state index is 0.0203. The van der Waals surface area contributed by atoms with Crippen LogP contribution in [-0.4, -0.2) is 41.1 Å². The summed E-state index contributed by atoms with van der Waals surface area (Å²) < 4.78 is 0. The summed E-state index contributed by atoms with van der Waals surface area (Å²) in [5, 5.41) is 2.93. The molecule has 0 heterocycles. The van der Waals surface area contributed by atoms with E-state index in [9.17, 15) is 9.59 Å². The third-order valence-corrected chi connectivity index (χ3v) is 5.70. The van der Waals surface area contributed by atoms with Gasteiger partial charge in [0.05, 0.1) is 0 Å². The number of nitrogens with one attached hydrogen (secondary N) is 1. The fraction of sp³-hybridized carbons (Fsp3) is 0.417. The van der Waals surface area contributed by atoms with E-state index in [1.165, 1.54) is 5.56 Å². The Kier molecular flexibility index (Phi) is 9.26. The van der Waals surface area contributed by atoms with Crippen molar-refractivity contribution >= 4 is 23.6 Å². The number of nitrogens with zero attached hydrogens (tertiary/aromatic N) is 1. The fourth-order valence-corrected chi connectivity index (χ4v) is 3.85. The van der Waals surface area contributed by atoms with Gasteiger partial charge in [0.25, 0.3) is 0 Å². The van der Waals surface area contributed by atoms with Crippen LogP contribution in [0.1, 0.15) is 38.3 Å². The van der Waals surface area contributed by atoms with E-state index in [0.717, 1.165) is 16.9 Å². The van der Waals surface area contributed by atoms with Gasteiger partial charge in [0.1, 0.15) is 6.04 Å². The van der Waals surface area contributed by atoms with Crippen LogP contribution in [0.25, 0.3) is 0 Å². The third-order valence-electron chi connectivity index (χ3n) is 4.69. The van der Waals surface area contributed by atoms with Gasteiger partial charge in [0.15, 0.2) is 0 Å². The first-order valence-corrected chi connectivity index (χ1v) is 11.2. The number of rotatable bonds is 10. The highest BCUT2D eigenvalue weighted by atomic mass is 32.2. The maximum Gasteiger partial charge on any atom is 0.242 e. The number of hydrogen-bond donors (Lipinski definition) is 1. The van der Waals surface area contributed by atoms with Gasteiger partial charge in [0, 0.05) is 29.7 Å². The van der Waals surface area contributed by atoms with E-state index in [1.54, 1.807) is 16.7 Å². The highest BCUT2D eigenvalue weighted by Crippen LogP contribution is 2.20. The monoisotopic (exact) mass is 412 g/mol. The summed E-state index contributed by atoms with van der Waals surface area (Å²) >= 11 is 1.67. The van der Waals surface area contributed by atoms with Crippen molar-refractivity contribution in [2.75, 3.05) is 12.3 Å². The maximum atomic E-state index is 13.0. The Morgan fingerprint density at radius 2 is 1.66 bits per heavy atom. The molecule has 29 heavy (non-hydrogen) atoms. The smallest absolute Gasteiger partial charge is 0.242 e. The van der Waals surface area contributed by atoms with Crippen LogP contribution in [0.5, 0.6) is 0 Å². The molecule has 0 saturated heterocycles. The van der Waals surface area contributed by atoms with E-state index in [-0.39, 0.29) is 17.9 Å². The summed E-state index contributed by atoms with van der Waals surface area (Å²) in [6.45, 7) is 8.27. The molecule has 2 aromatic rings. The van der Waals surface area contributed by atoms with E-state index < -0.39 is 6.04 Å². The molecule has 156 valence electrons. The standard InChI is InChI=1S/C24H32N2O2S/c1-18(2)25-24(28)20(4)26(16-14-21-8-6-5-7-9-21)23(27)15-17-29-22-12-10-19(3)11-13-22/h5-13,18,20H,14-17H2,1-4H3,(H,25,28). The fourth-order valence-electron chi connectivity index (χ4n) is 3.01. The lowest BCUT2D eigenvalue weighted by Gasteiger charge is -2.29. The minimum Gasteiger partial charge on any atom is -0.352 e. The molecule has 0 bridgehead atoms. The van der Waals surface area contributed by atoms with Crippen molar-refractivity contribution in [3.05, 3.63) is 65.7 Å². The van der Waals surface area contributed by atoms with Crippen molar-refractivity contribution < 1.29 is 9.59 Å². The van der Waals surface area contributed by atoms with Crippen LogP contribution in [0.3, 0.4) is 0 Å². The third kappa shape index (κ3) is 7.94. The van der Waals surface area contributed by atoms with Gasteiger partial charge in [-0.25, -0.2) is 0 Å². The SMILES string of the molecule is Cc1ccc(SCCC(=O)N(CCc2ccccc2)C(C)C(=O)NC(C)C)cc1. The van der Waals surface area contributed by atoms with Gasteiger partial charge in [-0.2, -0.15) is 0 Å². The summed E-state index contributed by atoms with van der Waals surface area (Å²) in [6.07, 6.45) is 1.14. The first kappa shape index (κ1) is 23.0. The molecule has 0 fully saturated rings. The molecule has 2 amide bonds. The lowest BCUT2D eigenvalue weighted by molar-refractivity contribution is -0.139. The molecular formula is C24H32N2O2S. The molecule has 4 nitrogen and oxygen atoms in total. The van der Waals surface area contributed by atoms with Gasteiger partial charge in [0.2, 0.25) is 11.8 Å². The Morgan fingerprint density at radius 3 is 2.28 bits per heavy atom. The summed E-state index contributed by atoms with van der Waals surface area (Å²) in [5.41, 5.74) is 2.39. The molecule has 0 spiro atoms. The number of thioether (sulfide) groups is 1. The van der Waals surface area contributed by atoms with E-state index in [1.807, 2.05) is 39.0 Å². The number of aryl methyl sites for hydroxylation is 1. The average molecular weight is 413 g/mol. The second kappa shape index (κ2) is 11.7. The number of benzene rings is 2. The van der Waals surface area contributed by atoms with Crippen LogP contribution in [0, 0.1) is 6.92 Å². The molecule has 1 N–H and O–H groups in total. The van der Waals surface area contributed by atoms with Crippen molar-refractivity contribution in [3.63, 3.8) is 0 Å². The second-order valence-electron chi connectivity index (χ2n) is 7.57. The quantitative estimate of drug-likeness (QED) is 0.586. The Bertz CT molecular complexity index is 775. The largest absolute Gasteiger partial charge is 0.352 e. The van der Waals surface area contributed by atoms with Crippen LogP contribution in [0.2, 0.25) is 0 Å². The van der Waals surface area contributed by atoms with Crippen molar-refractivity contribution in [2.24, 2.45) is 0 Å². The molecule has 2 aromatic carbocycles. The van der Waals surface area contributed by atoms with Gasteiger partial charge in [-0.1, -0.05) is 48.0 Å². The van der Waals surface area contributed by atoms with Crippen molar-refractivity contribution in [1.82, 2.24) is 10.2 Å². The Balaban J connectivity index is 1.98. The number of carbonyl (C=O) groups is 2.